The maximum atomic E-state index is 11.3. The number of pyridine rings is 1. The first-order valence-corrected chi connectivity index (χ1v) is 7.61. The van der Waals surface area contributed by atoms with Crippen molar-refractivity contribution in [3.8, 4) is 11.3 Å². The van der Waals surface area contributed by atoms with Crippen molar-refractivity contribution in [2.24, 2.45) is 0 Å². The van der Waals surface area contributed by atoms with Crippen LogP contribution in [0, 0.1) is 10.1 Å². The van der Waals surface area contributed by atoms with Crippen LogP contribution in [0.4, 0.5) is 5.69 Å². The normalized spacial score (nSPS) is 11.9. The van der Waals surface area contributed by atoms with Gasteiger partial charge in [-0.25, -0.2) is 0 Å². The molecule has 0 saturated heterocycles. The van der Waals surface area contributed by atoms with E-state index in [0.29, 0.717) is 18.0 Å². The lowest BCUT2D eigenvalue weighted by Crippen LogP contribution is -3.00. The fourth-order valence-electron chi connectivity index (χ4n) is 2.74. The van der Waals surface area contributed by atoms with E-state index in [1.165, 1.54) is 11.8 Å². The molecule has 1 aliphatic rings. The lowest BCUT2D eigenvalue weighted by Gasteiger charge is -2.14. The third-order valence-electron chi connectivity index (χ3n) is 3.67. The second-order valence-corrected chi connectivity index (χ2v) is 6.02. The molecule has 0 saturated carbocycles. The van der Waals surface area contributed by atoms with Gasteiger partial charge < -0.3 is 18.1 Å². The zero-order chi connectivity index (χ0) is 15.3. The van der Waals surface area contributed by atoms with Crippen LogP contribution < -0.4 is 18.1 Å². The van der Waals surface area contributed by atoms with E-state index in [9.17, 15) is 10.1 Å². The SMILES string of the molecule is [Cl-].[NH3+]CCn1nc2c3c(c([N+](=O)[O-])ccc31)Sc1ccncc1-2. The van der Waals surface area contributed by atoms with Crippen LogP contribution in [0.3, 0.4) is 0 Å². The van der Waals surface area contributed by atoms with Crippen molar-refractivity contribution in [1.29, 1.82) is 0 Å². The van der Waals surface area contributed by atoms with E-state index in [1.54, 1.807) is 24.5 Å². The number of aromatic nitrogens is 3. The van der Waals surface area contributed by atoms with Gasteiger partial charge in [0.1, 0.15) is 10.6 Å². The van der Waals surface area contributed by atoms with Crippen LogP contribution in [-0.4, -0.2) is 26.2 Å². The first-order valence-electron chi connectivity index (χ1n) is 6.80. The Morgan fingerprint density at radius 2 is 2.17 bits per heavy atom. The molecule has 2 aromatic heterocycles. The molecule has 0 unspecified atom stereocenters. The smallest absolute Gasteiger partial charge is 0.284 e. The summed E-state index contributed by atoms with van der Waals surface area (Å²) in [5, 5.41) is 16.8. The first-order chi connectivity index (χ1) is 10.7. The van der Waals surface area contributed by atoms with Crippen LogP contribution in [0.2, 0.25) is 0 Å². The van der Waals surface area contributed by atoms with E-state index in [4.69, 9.17) is 0 Å². The lowest BCUT2D eigenvalue weighted by molar-refractivity contribution is -0.387. The van der Waals surface area contributed by atoms with Crippen molar-refractivity contribution >= 4 is 28.4 Å². The predicted molar refractivity (Wildman–Crippen MR) is 81.5 cm³/mol. The van der Waals surface area contributed by atoms with E-state index < -0.39 is 0 Å². The molecule has 3 heterocycles. The molecule has 23 heavy (non-hydrogen) atoms. The van der Waals surface area contributed by atoms with Gasteiger partial charge in [-0.3, -0.25) is 19.8 Å². The van der Waals surface area contributed by atoms with E-state index in [2.05, 4.69) is 15.8 Å². The van der Waals surface area contributed by atoms with Gasteiger partial charge in [-0.15, -0.1) is 0 Å². The maximum absolute atomic E-state index is 11.3. The van der Waals surface area contributed by atoms with Crippen LogP contribution >= 0.6 is 11.8 Å². The average molecular weight is 350 g/mol. The number of nitro benzene ring substituents is 1. The molecule has 0 radical (unpaired) electrons. The quantitative estimate of drug-likeness (QED) is 0.366. The Balaban J connectivity index is 0.00000156. The summed E-state index contributed by atoms with van der Waals surface area (Å²) in [5.74, 6) is 0. The molecule has 118 valence electrons. The second kappa shape index (κ2) is 5.80. The Kier molecular flexibility index (Phi) is 3.97. The van der Waals surface area contributed by atoms with Crippen LogP contribution in [0.25, 0.3) is 22.2 Å². The molecule has 0 atom stereocenters. The third kappa shape index (κ3) is 2.26. The molecule has 0 bridgehead atoms. The Morgan fingerprint density at radius 1 is 1.35 bits per heavy atom. The van der Waals surface area contributed by atoms with Crippen molar-refractivity contribution in [2.45, 2.75) is 16.3 Å². The van der Waals surface area contributed by atoms with Crippen LogP contribution in [0.1, 0.15) is 0 Å². The summed E-state index contributed by atoms with van der Waals surface area (Å²) in [6.07, 6.45) is 3.45. The highest BCUT2D eigenvalue weighted by Gasteiger charge is 2.29. The molecule has 0 spiro atoms. The van der Waals surface area contributed by atoms with Crippen molar-refractivity contribution in [3.05, 3.63) is 40.7 Å². The van der Waals surface area contributed by atoms with Gasteiger partial charge in [0.15, 0.2) is 0 Å². The monoisotopic (exact) mass is 349 g/mol. The number of hydrogen-bond donors (Lipinski definition) is 1. The number of rotatable bonds is 3. The molecule has 0 amide bonds. The van der Waals surface area contributed by atoms with E-state index in [0.717, 1.165) is 27.1 Å². The number of quaternary nitrogens is 1. The topological polar surface area (TPSA) is 101 Å². The molecular formula is C14H12ClN5O2S. The molecule has 1 aliphatic heterocycles. The molecular weight excluding hydrogens is 338 g/mol. The first kappa shape index (κ1) is 15.7. The van der Waals surface area contributed by atoms with Gasteiger partial charge in [0.25, 0.3) is 5.69 Å². The molecule has 9 heteroatoms. The van der Waals surface area contributed by atoms with Crippen molar-refractivity contribution in [3.63, 3.8) is 0 Å². The van der Waals surface area contributed by atoms with Gasteiger partial charge in [-0.1, -0.05) is 11.8 Å². The number of nitrogens with zero attached hydrogens (tertiary/aromatic N) is 4. The van der Waals surface area contributed by atoms with Crippen LogP contribution in [0.15, 0.2) is 40.4 Å². The summed E-state index contributed by atoms with van der Waals surface area (Å²) in [6, 6.07) is 5.19. The molecule has 3 N–H and O–H groups in total. The zero-order valence-corrected chi connectivity index (χ0v) is 13.5. The Bertz CT molecular complexity index is 927. The predicted octanol–water partition coefficient (Wildman–Crippen LogP) is -1.28. The molecule has 7 nitrogen and oxygen atoms in total. The fraction of sp³-hybridized carbons (Fsp3) is 0.143. The highest BCUT2D eigenvalue weighted by atomic mass is 35.5. The summed E-state index contributed by atoms with van der Waals surface area (Å²) in [5.41, 5.74) is 6.58. The summed E-state index contributed by atoms with van der Waals surface area (Å²) < 4.78 is 1.87. The van der Waals surface area contributed by atoms with Gasteiger partial charge in [0, 0.05) is 34.3 Å². The minimum atomic E-state index is -0.337. The Hall–Kier alpha value is -2.16. The molecule has 0 fully saturated rings. The molecule has 3 aromatic rings. The van der Waals surface area contributed by atoms with Crippen molar-refractivity contribution in [2.75, 3.05) is 6.54 Å². The van der Waals surface area contributed by atoms with Crippen molar-refractivity contribution in [1.82, 2.24) is 14.8 Å². The number of benzene rings is 1. The largest absolute Gasteiger partial charge is 1.00 e. The average Bonchev–Trinajstić information content (AvgIpc) is 2.88. The summed E-state index contributed by atoms with van der Waals surface area (Å²) in [4.78, 5) is 16.8. The Labute approximate surface area is 141 Å². The number of halogens is 1. The van der Waals surface area contributed by atoms with Gasteiger partial charge in [0.2, 0.25) is 0 Å². The lowest BCUT2D eigenvalue weighted by atomic mass is 10.1. The molecule has 1 aromatic carbocycles. The van der Waals surface area contributed by atoms with Crippen LogP contribution in [-0.2, 0) is 6.54 Å². The summed E-state index contributed by atoms with van der Waals surface area (Å²) in [7, 11) is 0. The minimum Gasteiger partial charge on any atom is -1.00 e. The van der Waals surface area contributed by atoms with E-state index in [1.807, 2.05) is 10.7 Å². The zero-order valence-electron chi connectivity index (χ0n) is 11.9. The van der Waals surface area contributed by atoms with Crippen molar-refractivity contribution < 1.29 is 23.1 Å². The third-order valence-corrected chi connectivity index (χ3v) is 4.86. The van der Waals surface area contributed by atoms with Gasteiger partial charge in [-0.2, -0.15) is 5.10 Å². The van der Waals surface area contributed by atoms with Gasteiger partial charge >= 0.3 is 0 Å². The number of hydrogen-bond acceptors (Lipinski definition) is 5. The molecule has 0 aliphatic carbocycles. The van der Waals surface area contributed by atoms with E-state index >= 15 is 0 Å². The van der Waals surface area contributed by atoms with E-state index in [-0.39, 0.29) is 23.0 Å². The highest BCUT2D eigenvalue weighted by molar-refractivity contribution is 8.00. The number of fused-ring (bicyclic) bond motifs is 2. The van der Waals surface area contributed by atoms with Gasteiger partial charge in [-0.05, 0) is 12.1 Å². The highest BCUT2D eigenvalue weighted by Crippen LogP contribution is 2.50. The number of nitro groups is 1. The second-order valence-electron chi connectivity index (χ2n) is 4.96. The molecule has 4 rings (SSSR count). The fourth-order valence-corrected chi connectivity index (χ4v) is 3.90. The Morgan fingerprint density at radius 3 is 2.91 bits per heavy atom. The standard InChI is InChI=1S/C14H11N5O2S.ClH/c15-4-6-18-9-1-2-10(19(20)21)14-12(9)13(17-18)8-7-16-5-3-11(8)22-14;/h1-3,5,7H,4,6,15H2;1H. The summed E-state index contributed by atoms with van der Waals surface area (Å²) >= 11 is 1.41. The summed E-state index contributed by atoms with van der Waals surface area (Å²) in [6.45, 7) is 1.38. The minimum absolute atomic E-state index is 0. The van der Waals surface area contributed by atoms with Gasteiger partial charge in [0.05, 0.1) is 23.5 Å². The van der Waals surface area contributed by atoms with Crippen LogP contribution in [0.5, 0.6) is 0 Å². The maximum Gasteiger partial charge on any atom is 0.284 e.